The summed E-state index contributed by atoms with van der Waals surface area (Å²) < 4.78 is 0. The van der Waals surface area contributed by atoms with Crippen molar-refractivity contribution in [1.82, 2.24) is 5.32 Å². The number of aryl methyl sites for hydroxylation is 1. The summed E-state index contributed by atoms with van der Waals surface area (Å²) in [6, 6.07) is 8.96. The SMILES string of the molecule is CNC(C)C=Cc1ccc(C)cc1. The molecule has 1 unspecified atom stereocenters. The molecular weight excluding hydrogens is 158 g/mol. The quantitative estimate of drug-likeness (QED) is 0.744. The highest BCUT2D eigenvalue weighted by Gasteiger charge is 1.90. The Kier molecular flexibility index (Phi) is 3.71. The third kappa shape index (κ3) is 3.43. The number of benzene rings is 1. The van der Waals surface area contributed by atoms with Crippen LogP contribution in [0.25, 0.3) is 6.08 Å². The molecule has 0 spiro atoms. The van der Waals surface area contributed by atoms with Crippen LogP contribution in [-0.2, 0) is 0 Å². The highest BCUT2D eigenvalue weighted by molar-refractivity contribution is 5.50. The fourth-order valence-electron chi connectivity index (χ4n) is 1.03. The molecule has 0 bridgehead atoms. The standard InChI is InChI=1S/C12H17N/c1-10-4-7-12(8-5-10)9-6-11(2)13-3/h4-9,11,13H,1-3H3. The van der Waals surface area contributed by atoms with Crippen LogP contribution in [0.1, 0.15) is 18.1 Å². The van der Waals surface area contributed by atoms with Gasteiger partial charge >= 0.3 is 0 Å². The Morgan fingerprint density at radius 2 is 1.85 bits per heavy atom. The topological polar surface area (TPSA) is 12.0 Å². The van der Waals surface area contributed by atoms with E-state index >= 15 is 0 Å². The zero-order chi connectivity index (χ0) is 9.68. The number of nitrogens with one attached hydrogen (secondary N) is 1. The van der Waals surface area contributed by atoms with E-state index in [1.807, 2.05) is 7.05 Å². The third-order valence-electron chi connectivity index (χ3n) is 2.11. The minimum Gasteiger partial charge on any atom is -0.314 e. The summed E-state index contributed by atoms with van der Waals surface area (Å²) in [6.07, 6.45) is 4.30. The second kappa shape index (κ2) is 4.83. The van der Waals surface area contributed by atoms with Crippen LogP contribution in [0.3, 0.4) is 0 Å². The lowest BCUT2D eigenvalue weighted by molar-refractivity contribution is 0.731. The zero-order valence-corrected chi connectivity index (χ0v) is 8.54. The van der Waals surface area contributed by atoms with Crippen molar-refractivity contribution < 1.29 is 0 Å². The van der Waals surface area contributed by atoms with Crippen LogP contribution in [0.15, 0.2) is 30.3 Å². The van der Waals surface area contributed by atoms with Gasteiger partial charge in [-0.15, -0.1) is 0 Å². The molecule has 1 aromatic carbocycles. The van der Waals surface area contributed by atoms with Crippen molar-refractivity contribution in [1.29, 1.82) is 0 Å². The first-order valence-corrected chi connectivity index (χ1v) is 4.64. The largest absolute Gasteiger partial charge is 0.314 e. The molecule has 0 aliphatic carbocycles. The molecule has 0 saturated carbocycles. The fourth-order valence-corrected chi connectivity index (χ4v) is 1.03. The second-order valence-corrected chi connectivity index (χ2v) is 3.35. The highest BCUT2D eigenvalue weighted by Crippen LogP contribution is 2.05. The van der Waals surface area contributed by atoms with E-state index in [0.717, 1.165) is 0 Å². The molecule has 1 atom stereocenters. The molecule has 13 heavy (non-hydrogen) atoms. The van der Waals surface area contributed by atoms with E-state index in [-0.39, 0.29) is 0 Å². The zero-order valence-electron chi connectivity index (χ0n) is 8.54. The van der Waals surface area contributed by atoms with Crippen LogP contribution in [-0.4, -0.2) is 13.1 Å². The van der Waals surface area contributed by atoms with E-state index in [4.69, 9.17) is 0 Å². The molecule has 0 aliphatic rings. The molecule has 70 valence electrons. The Morgan fingerprint density at radius 3 is 2.38 bits per heavy atom. The summed E-state index contributed by atoms with van der Waals surface area (Å²) in [5.41, 5.74) is 2.56. The molecule has 1 heteroatoms. The van der Waals surface area contributed by atoms with Gasteiger partial charge in [-0.2, -0.15) is 0 Å². The van der Waals surface area contributed by atoms with E-state index < -0.39 is 0 Å². The van der Waals surface area contributed by atoms with Crippen molar-refractivity contribution in [2.24, 2.45) is 0 Å². The van der Waals surface area contributed by atoms with E-state index in [9.17, 15) is 0 Å². The van der Waals surface area contributed by atoms with Crippen molar-refractivity contribution in [2.45, 2.75) is 19.9 Å². The summed E-state index contributed by atoms with van der Waals surface area (Å²) in [5.74, 6) is 0. The van der Waals surface area contributed by atoms with Gasteiger partial charge in [0.05, 0.1) is 0 Å². The molecule has 1 N–H and O–H groups in total. The van der Waals surface area contributed by atoms with Gasteiger partial charge in [0, 0.05) is 6.04 Å². The molecule has 0 radical (unpaired) electrons. The predicted molar refractivity (Wildman–Crippen MR) is 58.7 cm³/mol. The summed E-state index contributed by atoms with van der Waals surface area (Å²) >= 11 is 0. The Hall–Kier alpha value is -1.08. The summed E-state index contributed by atoms with van der Waals surface area (Å²) in [4.78, 5) is 0. The highest BCUT2D eigenvalue weighted by atomic mass is 14.8. The lowest BCUT2D eigenvalue weighted by atomic mass is 10.1. The number of hydrogen-bond acceptors (Lipinski definition) is 1. The molecular formula is C12H17N. The van der Waals surface area contributed by atoms with Crippen molar-refractivity contribution in [2.75, 3.05) is 7.05 Å². The van der Waals surface area contributed by atoms with Crippen LogP contribution in [0.5, 0.6) is 0 Å². The Labute approximate surface area is 80.5 Å². The Morgan fingerprint density at radius 1 is 1.23 bits per heavy atom. The van der Waals surface area contributed by atoms with Gasteiger partial charge in [0.25, 0.3) is 0 Å². The maximum atomic E-state index is 3.16. The molecule has 1 rings (SSSR count). The van der Waals surface area contributed by atoms with Gasteiger partial charge in [0.15, 0.2) is 0 Å². The average Bonchev–Trinajstić information content (AvgIpc) is 2.16. The van der Waals surface area contributed by atoms with Gasteiger partial charge < -0.3 is 5.32 Å². The molecule has 0 aliphatic heterocycles. The first-order valence-electron chi connectivity index (χ1n) is 4.64. The van der Waals surface area contributed by atoms with Crippen molar-refractivity contribution >= 4 is 6.08 Å². The maximum Gasteiger partial charge on any atom is 0.0221 e. The molecule has 0 fully saturated rings. The van der Waals surface area contributed by atoms with Gasteiger partial charge in [-0.05, 0) is 26.5 Å². The smallest absolute Gasteiger partial charge is 0.0221 e. The molecule has 1 aromatic rings. The summed E-state index contributed by atoms with van der Waals surface area (Å²) in [6.45, 7) is 4.23. The molecule has 0 saturated heterocycles. The van der Waals surface area contributed by atoms with E-state index in [0.29, 0.717) is 6.04 Å². The summed E-state index contributed by atoms with van der Waals surface area (Å²) in [5, 5.41) is 3.16. The minimum atomic E-state index is 0.432. The average molecular weight is 175 g/mol. The van der Waals surface area contributed by atoms with Crippen LogP contribution in [0.2, 0.25) is 0 Å². The van der Waals surface area contributed by atoms with Crippen LogP contribution >= 0.6 is 0 Å². The van der Waals surface area contributed by atoms with Gasteiger partial charge in [0.1, 0.15) is 0 Å². The lowest BCUT2D eigenvalue weighted by Gasteiger charge is -2.02. The van der Waals surface area contributed by atoms with Crippen LogP contribution in [0, 0.1) is 6.92 Å². The molecule has 0 amide bonds. The maximum absolute atomic E-state index is 3.16. The van der Waals surface area contributed by atoms with Crippen molar-refractivity contribution in [3.8, 4) is 0 Å². The number of likely N-dealkylation sites (N-methyl/N-ethyl adjacent to an activating group) is 1. The lowest BCUT2D eigenvalue weighted by Crippen LogP contribution is -2.17. The first-order chi connectivity index (χ1) is 6.22. The third-order valence-corrected chi connectivity index (χ3v) is 2.11. The van der Waals surface area contributed by atoms with Gasteiger partial charge in [-0.3, -0.25) is 0 Å². The summed E-state index contributed by atoms with van der Waals surface area (Å²) in [7, 11) is 1.96. The van der Waals surface area contributed by atoms with Crippen molar-refractivity contribution in [3.05, 3.63) is 41.5 Å². The normalized spacial score (nSPS) is 13.5. The van der Waals surface area contributed by atoms with E-state index in [1.165, 1.54) is 11.1 Å². The van der Waals surface area contributed by atoms with Crippen molar-refractivity contribution in [3.63, 3.8) is 0 Å². The van der Waals surface area contributed by atoms with Crippen LogP contribution < -0.4 is 5.32 Å². The Balaban J connectivity index is 2.64. The van der Waals surface area contributed by atoms with Crippen LogP contribution in [0.4, 0.5) is 0 Å². The van der Waals surface area contributed by atoms with Gasteiger partial charge in [-0.1, -0.05) is 42.0 Å². The number of hydrogen-bond donors (Lipinski definition) is 1. The minimum absolute atomic E-state index is 0.432. The monoisotopic (exact) mass is 175 g/mol. The fraction of sp³-hybridized carbons (Fsp3) is 0.333. The van der Waals surface area contributed by atoms with Gasteiger partial charge in [-0.25, -0.2) is 0 Å². The molecule has 1 nitrogen and oxygen atoms in total. The van der Waals surface area contributed by atoms with E-state index in [2.05, 4.69) is 55.6 Å². The Bertz CT molecular complexity index is 272. The first kappa shape index (κ1) is 10.0. The van der Waals surface area contributed by atoms with Gasteiger partial charge in [0.2, 0.25) is 0 Å². The second-order valence-electron chi connectivity index (χ2n) is 3.35. The van der Waals surface area contributed by atoms with E-state index in [1.54, 1.807) is 0 Å². The predicted octanol–water partition coefficient (Wildman–Crippen LogP) is 2.62. The molecule has 0 heterocycles. The molecule has 0 aromatic heterocycles. The number of rotatable bonds is 3.